The van der Waals surface area contributed by atoms with Gasteiger partial charge in [0.2, 0.25) is 0 Å². The number of rotatable bonds is 4. The molecule has 0 saturated carbocycles. The lowest BCUT2D eigenvalue weighted by Gasteiger charge is -2.28. The van der Waals surface area contributed by atoms with Crippen molar-refractivity contribution in [1.82, 2.24) is 0 Å². The first-order chi connectivity index (χ1) is 49.5. The predicted molar refractivity (Wildman–Crippen MR) is 440 cm³/mol. The minimum absolute atomic E-state index is 1.19. The Morgan fingerprint density at radius 1 is 0.110 bits per heavy atom. The molecule has 1 aliphatic carbocycles. The van der Waals surface area contributed by atoms with Crippen LogP contribution in [0, 0.1) is 0 Å². The molecule has 0 unspecified atom stereocenters. The summed E-state index contributed by atoms with van der Waals surface area (Å²) >= 11 is 7.53. The topological polar surface area (TPSA) is 0 Å². The van der Waals surface area contributed by atoms with E-state index in [0.717, 1.165) is 0 Å². The summed E-state index contributed by atoms with van der Waals surface area (Å²) in [6.45, 7) is 0. The zero-order valence-electron chi connectivity index (χ0n) is 53.7. The standard InChI is InChI=1S/C96H52S4/c1-5-21-61-57(17-1)58-18-2-6-22-62(58)74-50-82-79-47-71(55-35-39-95-87(43-55)67-27-11-15-31-91(67)99-95)72(56-36-40-96-88(44-56)68-28-12-16-32-92(68)100-96)48-80(79)84-52-76-64-24-8-4-20-60(64)59-19-3-7-23-63(59)75(76)51-83(84)78-46-70(54-34-38-94-86(42-54)66-26-10-14-30-90(66)98-94)69(45-77(78)81(82)49-73(61)74)53-33-37-93-85(41-53)65-25-9-13-29-89(65)97-93/h1-52H. The number of hydrogen-bond acceptors (Lipinski definition) is 4. The Hall–Kier alpha value is -11.6. The lowest BCUT2D eigenvalue weighted by atomic mass is 9.75. The second-order valence-corrected chi connectivity index (χ2v) is 31.5. The van der Waals surface area contributed by atoms with E-state index in [-0.39, 0.29) is 0 Å². The molecule has 0 amide bonds. The summed E-state index contributed by atoms with van der Waals surface area (Å²) < 4.78 is 10.4. The monoisotopic (exact) mass is 1330 g/mol. The lowest BCUT2D eigenvalue weighted by Crippen LogP contribution is -2.01. The average Bonchev–Trinajstić information content (AvgIpc) is 1.18. The van der Waals surface area contributed by atoms with Crippen molar-refractivity contribution in [2.24, 2.45) is 0 Å². The molecular weight excluding hydrogens is 1280 g/mol. The maximum Gasteiger partial charge on any atom is 0.0355 e. The van der Waals surface area contributed by atoms with Gasteiger partial charge < -0.3 is 0 Å². The molecule has 23 rings (SSSR count). The van der Waals surface area contributed by atoms with Crippen molar-refractivity contribution < 1.29 is 0 Å². The maximum atomic E-state index is 2.62. The van der Waals surface area contributed by atoms with Gasteiger partial charge in [0.05, 0.1) is 0 Å². The van der Waals surface area contributed by atoms with Crippen molar-refractivity contribution in [3.05, 3.63) is 315 Å². The normalized spacial score (nSPS) is 12.4. The molecule has 0 N–H and O–H groups in total. The van der Waals surface area contributed by atoms with Crippen LogP contribution in [0.15, 0.2) is 315 Å². The zero-order chi connectivity index (χ0) is 65.0. The summed E-state index contributed by atoms with van der Waals surface area (Å²) in [5, 5.41) is 25.3. The second kappa shape index (κ2) is 21.0. The number of hydrogen-bond donors (Lipinski definition) is 0. The minimum atomic E-state index is 1.19. The van der Waals surface area contributed by atoms with Crippen LogP contribution in [0.4, 0.5) is 0 Å². The van der Waals surface area contributed by atoms with Gasteiger partial charge in [0.1, 0.15) is 0 Å². The van der Waals surface area contributed by atoms with Crippen molar-refractivity contribution in [3.63, 3.8) is 0 Å². The molecule has 4 heterocycles. The highest BCUT2D eigenvalue weighted by Gasteiger charge is 2.30. The fourth-order valence-electron chi connectivity index (χ4n) is 17.4. The summed E-state index contributed by atoms with van der Waals surface area (Å²) in [4.78, 5) is 0. The molecule has 0 atom stereocenters. The van der Waals surface area contributed by atoms with Crippen LogP contribution >= 0.6 is 45.3 Å². The van der Waals surface area contributed by atoms with Crippen LogP contribution in [0.25, 0.3) is 234 Å². The molecule has 4 heteroatoms. The van der Waals surface area contributed by atoms with Gasteiger partial charge >= 0.3 is 0 Å². The Labute approximate surface area is 590 Å². The van der Waals surface area contributed by atoms with Crippen LogP contribution in [0.2, 0.25) is 0 Å². The van der Waals surface area contributed by atoms with E-state index in [9.17, 15) is 0 Å². The fraction of sp³-hybridized carbons (Fsp3) is 0. The van der Waals surface area contributed by atoms with E-state index in [0.29, 0.717) is 0 Å². The molecule has 4 aromatic heterocycles. The third-order valence-corrected chi connectivity index (χ3v) is 26.6. The van der Waals surface area contributed by atoms with Crippen molar-refractivity contribution in [1.29, 1.82) is 0 Å². The van der Waals surface area contributed by atoms with E-state index in [2.05, 4.69) is 315 Å². The van der Waals surface area contributed by atoms with Crippen LogP contribution in [0.1, 0.15) is 0 Å². The Balaban J connectivity index is 0.926. The van der Waals surface area contributed by atoms with E-state index in [4.69, 9.17) is 0 Å². The van der Waals surface area contributed by atoms with E-state index in [1.54, 1.807) is 0 Å². The van der Waals surface area contributed by atoms with Crippen LogP contribution in [-0.2, 0) is 0 Å². The molecule has 0 aliphatic heterocycles. The van der Waals surface area contributed by atoms with Gasteiger partial charge in [0.15, 0.2) is 0 Å². The first kappa shape index (κ1) is 55.4. The summed E-state index contributed by atoms with van der Waals surface area (Å²) in [6.07, 6.45) is 0. The molecule has 100 heavy (non-hydrogen) atoms. The summed E-state index contributed by atoms with van der Waals surface area (Å²) in [5.41, 5.74) is 19.2. The molecule has 18 aromatic carbocycles. The summed E-state index contributed by atoms with van der Waals surface area (Å²) in [7, 11) is 0. The SMILES string of the molecule is c1ccc2c(c1)sc1ccc(-c3cc4c(cc3-c3ccc5sc6ccccc6c5c3)-c3cc5c6ccccc6c6ccccc6c5cc3-c3cc(-c5ccc6sc7ccccc7c6c5)c(-c5ccc6sc7ccccc7c6c5)cc3-c3cc5c6ccccc6c6ccccc6c5cc3-4)cc12. The quantitative estimate of drug-likeness (QED) is 0.154. The molecule has 460 valence electrons. The lowest BCUT2D eigenvalue weighted by molar-refractivity contribution is 1.53. The maximum absolute atomic E-state index is 2.62. The summed E-state index contributed by atoms with van der Waals surface area (Å²) in [6, 6.07) is 122. The highest BCUT2D eigenvalue weighted by Crippen LogP contribution is 2.57. The molecule has 0 fully saturated rings. The third-order valence-electron chi connectivity index (χ3n) is 22.0. The highest BCUT2D eigenvalue weighted by molar-refractivity contribution is 7.27. The molecule has 22 aromatic rings. The van der Waals surface area contributed by atoms with E-state index >= 15 is 0 Å². The van der Waals surface area contributed by atoms with Crippen LogP contribution in [-0.4, -0.2) is 0 Å². The highest BCUT2D eigenvalue weighted by atomic mass is 32.1. The van der Waals surface area contributed by atoms with Gasteiger partial charge in [-0.1, -0.05) is 194 Å². The average molecular weight is 1330 g/mol. The third kappa shape index (κ3) is 8.01. The first-order valence-electron chi connectivity index (χ1n) is 34.3. The van der Waals surface area contributed by atoms with Crippen molar-refractivity contribution in [2.75, 3.05) is 0 Å². The first-order valence-corrected chi connectivity index (χ1v) is 37.6. The van der Waals surface area contributed by atoms with Crippen LogP contribution < -0.4 is 0 Å². The molecular formula is C96H52S4. The molecule has 0 spiro atoms. The van der Waals surface area contributed by atoms with Gasteiger partial charge in [0.25, 0.3) is 0 Å². The van der Waals surface area contributed by atoms with Crippen molar-refractivity contribution in [2.45, 2.75) is 0 Å². The van der Waals surface area contributed by atoms with Gasteiger partial charge in [-0.15, -0.1) is 45.3 Å². The van der Waals surface area contributed by atoms with E-state index < -0.39 is 0 Å². The molecule has 0 radical (unpaired) electrons. The predicted octanol–water partition coefficient (Wildman–Crippen LogP) is 29.7. The minimum Gasteiger partial charge on any atom is -0.135 e. The Morgan fingerprint density at radius 3 is 0.500 bits per heavy atom. The number of thiophene rings is 4. The van der Waals surface area contributed by atoms with Gasteiger partial charge in [-0.2, -0.15) is 0 Å². The largest absolute Gasteiger partial charge is 0.135 e. The molecule has 0 nitrogen and oxygen atoms in total. The Bertz CT molecular complexity index is 6530. The summed E-state index contributed by atoms with van der Waals surface area (Å²) in [5.74, 6) is 0. The fourth-order valence-corrected chi connectivity index (χ4v) is 21.8. The van der Waals surface area contributed by atoms with Crippen LogP contribution in [0.3, 0.4) is 0 Å². The van der Waals surface area contributed by atoms with Crippen molar-refractivity contribution >= 4 is 191 Å². The zero-order valence-corrected chi connectivity index (χ0v) is 56.9. The Kier molecular flexibility index (Phi) is 11.6. The van der Waals surface area contributed by atoms with Gasteiger partial charge in [-0.3, -0.25) is 0 Å². The van der Waals surface area contributed by atoms with Gasteiger partial charge in [-0.25, -0.2) is 0 Å². The van der Waals surface area contributed by atoms with Crippen LogP contribution in [0.5, 0.6) is 0 Å². The molecule has 0 saturated heterocycles. The van der Waals surface area contributed by atoms with E-state index in [1.165, 1.54) is 234 Å². The number of fused-ring (bicyclic) bond motifs is 32. The van der Waals surface area contributed by atoms with E-state index in [1.807, 2.05) is 45.3 Å². The van der Waals surface area contributed by atoms with Gasteiger partial charge in [0, 0.05) is 80.7 Å². The number of benzene rings is 18. The van der Waals surface area contributed by atoms with Gasteiger partial charge in [-0.05, 0) is 275 Å². The molecule has 1 aliphatic rings. The molecule has 0 bridgehead atoms. The smallest absolute Gasteiger partial charge is 0.0355 e. The Morgan fingerprint density at radius 2 is 0.280 bits per heavy atom. The second-order valence-electron chi connectivity index (χ2n) is 27.2. The van der Waals surface area contributed by atoms with Crippen molar-refractivity contribution in [3.8, 4) is 89.0 Å².